The van der Waals surface area contributed by atoms with Crippen LogP contribution in [0, 0.1) is 5.92 Å². The fourth-order valence-corrected chi connectivity index (χ4v) is 3.01. The minimum absolute atomic E-state index is 0.0287. The van der Waals surface area contributed by atoms with Crippen molar-refractivity contribution in [2.75, 3.05) is 5.32 Å². The molecule has 0 aliphatic heterocycles. The third kappa shape index (κ3) is 4.64. The summed E-state index contributed by atoms with van der Waals surface area (Å²) in [5.41, 5.74) is 7.77. The Balaban J connectivity index is 1.59. The van der Waals surface area contributed by atoms with Gasteiger partial charge in [-0.15, -0.1) is 0 Å². The summed E-state index contributed by atoms with van der Waals surface area (Å²) in [5.74, 6) is -0.278. The van der Waals surface area contributed by atoms with Gasteiger partial charge >= 0.3 is 0 Å². The monoisotopic (exact) mass is 338 g/mol. The molecule has 1 aromatic carbocycles. The van der Waals surface area contributed by atoms with Crippen molar-refractivity contribution in [2.45, 2.75) is 31.8 Å². The molecule has 0 radical (unpaired) electrons. The average Bonchev–Trinajstić information content (AvgIpc) is 3.07. The van der Waals surface area contributed by atoms with Gasteiger partial charge in [-0.05, 0) is 49.6 Å². The number of anilines is 1. The lowest BCUT2D eigenvalue weighted by Crippen LogP contribution is -2.24. The Morgan fingerprint density at radius 2 is 2.04 bits per heavy atom. The summed E-state index contributed by atoms with van der Waals surface area (Å²) in [7, 11) is 0. The Kier molecular flexibility index (Phi) is 5.40. The fraction of sp³-hybridized carbons (Fsp3) is 0.316. The van der Waals surface area contributed by atoms with Crippen LogP contribution in [0.15, 0.2) is 48.7 Å². The highest BCUT2D eigenvalue weighted by molar-refractivity contribution is 5.97. The van der Waals surface area contributed by atoms with Crippen LogP contribution in [0.2, 0.25) is 0 Å². The van der Waals surface area contributed by atoms with Crippen molar-refractivity contribution in [1.29, 1.82) is 0 Å². The summed E-state index contributed by atoms with van der Waals surface area (Å²) in [6.07, 6.45) is 4.11. The van der Waals surface area contributed by atoms with Crippen molar-refractivity contribution in [2.24, 2.45) is 11.7 Å². The minimum Gasteiger partial charge on any atom is -0.346 e. The van der Waals surface area contributed by atoms with Crippen LogP contribution in [0.25, 0.3) is 0 Å². The SMILES string of the molecule is NC1CCC(C(=O)Nc2cccc(C(=O)NCc3ccccn3)c2)C1. The Morgan fingerprint density at radius 3 is 2.76 bits per heavy atom. The molecule has 1 aliphatic rings. The van der Waals surface area contributed by atoms with Gasteiger partial charge in [0.15, 0.2) is 0 Å². The topological polar surface area (TPSA) is 97.1 Å². The van der Waals surface area contributed by atoms with Gasteiger partial charge in [-0.2, -0.15) is 0 Å². The third-order valence-electron chi connectivity index (χ3n) is 4.39. The van der Waals surface area contributed by atoms with Crippen LogP contribution in [-0.2, 0) is 11.3 Å². The summed E-state index contributed by atoms with van der Waals surface area (Å²) in [6.45, 7) is 0.357. The van der Waals surface area contributed by atoms with E-state index in [1.165, 1.54) is 0 Å². The first-order valence-electron chi connectivity index (χ1n) is 8.46. The zero-order chi connectivity index (χ0) is 17.6. The van der Waals surface area contributed by atoms with Crippen LogP contribution in [0.1, 0.15) is 35.3 Å². The van der Waals surface area contributed by atoms with E-state index >= 15 is 0 Å². The first-order chi connectivity index (χ1) is 12.1. The molecule has 1 fully saturated rings. The lowest BCUT2D eigenvalue weighted by molar-refractivity contribution is -0.119. The molecule has 25 heavy (non-hydrogen) atoms. The second-order valence-electron chi connectivity index (χ2n) is 6.34. The Bertz CT molecular complexity index is 748. The first kappa shape index (κ1) is 17.1. The number of pyridine rings is 1. The van der Waals surface area contributed by atoms with Crippen molar-refractivity contribution in [3.63, 3.8) is 0 Å². The molecule has 0 saturated heterocycles. The van der Waals surface area contributed by atoms with E-state index in [4.69, 9.17) is 5.73 Å². The molecule has 6 heteroatoms. The molecule has 3 rings (SSSR count). The van der Waals surface area contributed by atoms with Gasteiger partial charge in [0.25, 0.3) is 5.91 Å². The van der Waals surface area contributed by atoms with Gasteiger partial charge in [0.05, 0.1) is 12.2 Å². The molecule has 4 N–H and O–H groups in total. The number of hydrogen-bond acceptors (Lipinski definition) is 4. The van der Waals surface area contributed by atoms with E-state index in [0.717, 1.165) is 25.0 Å². The van der Waals surface area contributed by atoms with E-state index in [1.54, 1.807) is 30.5 Å². The zero-order valence-corrected chi connectivity index (χ0v) is 13.9. The third-order valence-corrected chi connectivity index (χ3v) is 4.39. The van der Waals surface area contributed by atoms with Crippen LogP contribution < -0.4 is 16.4 Å². The molecule has 2 atom stereocenters. The molecule has 0 bridgehead atoms. The summed E-state index contributed by atoms with van der Waals surface area (Å²) < 4.78 is 0. The molecule has 6 nitrogen and oxygen atoms in total. The highest BCUT2D eigenvalue weighted by Gasteiger charge is 2.27. The largest absolute Gasteiger partial charge is 0.346 e. The minimum atomic E-state index is -0.204. The maximum Gasteiger partial charge on any atom is 0.251 e. The van der Waals surface area contributed by atoms with Crippen molar-refractivity contribution in [3.8, 4) is 0 Å². The average molecular weight is 338 g/mol. The Hall–Kier alpha value is -2.73. The van der Waals surface area contributed by atoms with E-state index in [9.17, 15) is 9.59 Å². The number of nitrogens with two attached hydrogens (primary N) is 1. The van der Waals surface area contributed by atoms with E-state index < -0.39 is 0 Å². The fourth-order valence-electron chi connectivity index (χ4n) is 3.01. The number of benzene rings is 1. The standard InChI is InChI=1S/C19H22N4O2/c20-15-8-7-14(10-15)19(25)23-16-6-3-4-13(11-16)18(24)22-12-17-5-1-2-9-21-17/h1-6,9,11,14-15H,7-8,10,12,20H2,(H,22,24)(H,23,25). The molecule has 1 heterocycles. The van der Waals surface area contributed by atoms with Gasteiger partial charge in [-0.1, -0.05) is 12.1 Å². The summed E-state index contributed by atoms with van der Waals surface area (Å²) in [6, 6.07) is 12.6. The first-order valence-corrected chi connectivity index (χ1v) is 8.46. The number of amides is 2. The number of nitrogens with one attached hydrogen (secondary N) is 2. The van der Waals surface area contributed by atoms with Crippen LogP contribution in [0.4, 0.5) is 5.69 Å². The Morgan fingerprint density at radius 1 is 1.16 bits per heavy atom. The predicted octanol–water partition coefficient (Wildman–Crippen LogP) is 2.08. The van der Waals surface area contributed by atoms with Crippen molar-refractivity contribution >= 4 is 17.5 Å². The smallest absolute Gasteiger partial charge is 0.251 e. The van der Waals surface area contributed by atoms with Gasteiger partial charge in [-0.25, -0.2) is 0 Å². The molecule has 2 aromatic rings. The summed E-state index contributed by atoms with van der Waals surface area (Å²) >= 11 is 0. The number of hydrogen-bond donors (Lipinski definition) is 3. The second-order valence-corrected chi connectivity index (χ2v) is 6.34. The van der Waals surface area contributed by atoms with E-state index in [0.29, 0.717) is 17.8 Å². The van der Waals surface area contributed by atoms with Crippen LogP contribution in [0.5, 0.6) is 0 Å². The number of rotatable bonds is 5. The quantitative estimate of drug-likeness (QED) is 0.777. The molecule has 1 aromatic heterocycles. The van der Waals surface area contributed by atoms with Crippen LogP contribution >= 0.6 is 0 Å². The zero-order valence-electron chi connectivity index (χ0n) is 13.9. The van der Waals surface area contributed by atoms with Crippen molar-refractivity contribution in [3.05, 3.63) is 59.9 Å². The predicted molar refractivity (Wildman–Crippen MR) is 95.8 cm³/mol. The maximum absolute atomic E-state index is 12.3. The molecule has 1 aliphatic carbocycles. The normalized spacial score (nSPS) is 19.4. The molecular formula is C19H22N4O2. The highest BCUT2D eigenvalue weighted by Crippen LogP contribution is 2.25. The van der Waals surface area contributed by atoms with Crippen LogP contribution in [-0.4, -0.2) is 22.8 Å². The van der Waals surface area contributed by atoms with Gasteiger partial charge in [-0.3, -0.25) is 14.6 Å². The molecule has 2 amide bonds. The second kappa shape index (κ2) is 7.90. The number of nitrogens with zero attached hydrogens (tertiary/aromatic N) is 1. The van der Waals surface area contributed by atoms with E-state index in [1.807, 2.05) is 18.2 Å². The molecule has 2 unspecified atom stereocenters. The lowest BCUT2D eigenvalue weighted by atomic mass is 10.1. The molecule has 1 saturated carbocycles. The molecule has 0 spiro atoms. The highest BCUT2D eigenvalue weighted by atomic mass is 16.2. The maximum atomic E-state index is 12.3. The van der Waals surface area contributed by atoms with Gasteiger partial charge in [0.2, 0.25) is 5.91 Å². The Labute approximate surface area is 146 Å². The number of aromatic nitrogens is 1. The summed E-state index contributed by atoms with van der Waals surface area (Å²) in [5, 5.41) is 5.71. The van der Waals surface area contributed by atoms with Gasteiger partial charge in [0, 0.05) is 29.4 Å². The van der Waals surface area contributed by atoms with E-state index in [-0.39, 0.29) is 23.8 Å². The molecular weight excluding hydrogens is 316 g/mol. The number of carbonyl (C=O) groups is 2. The molecule has 130 valence electrons. The van der Waals surface area contributed by atoms with Crippen LogP contribution in [0.3, 0.4) is 0 Å². The van der Waals surface area contributed by atoms with E-state index in [2.05, 4.69) is 15.6 Å². The van der Waals surface area contributed by atoms with Crippen molar-refractivity contribution in [1.82, 2.24) is 10.3 Å². The van der Waals surface area contributed by atoms with Crippen molar-refractivity contribution < 1.29 is 9.59 Å². The van der Waals surface area contributed by atoms with Gasteiger partial charge in [0.1, 0.15) is 0 Å². The number of carbonyl (C=O) groups excluding carboxylic acids is 2. The summed E-state index contributed by atoms with van der Waals surface area (Å²) in [4.78, 5) is 28.7. The van der Waals surface area contributed by atoms with Gasteiger partial charge < -0.3 is 16.4 Å². The lowest BCUT2D eigenvalue weighted by Gasteiger charge is -2.12.